The van der Waals surface area contributed by atoms with Gasteiger partial charge in [-0.25, -0.2) is 0 Å². The van der Waals surface area contributed by atoms with E-state index in [4.69, 9.17) is 11.6 Å². The van der Waals surface area contributed by atoms with Gasteiger partial charge in [-0.2, -0.15) is 0 Å². The van der Waals surface area contributed by atoms with Gasteiger partial charge in [-0.3, -0.25) is 9.59 Å². The van der Waals surface area contributed by atoms with Crippen molar-refractivity contribution < 1.29 is 9.59 Å². The Morgan fingerprint density at radius 3 is 2.58 bits per heavy atom. The Labute approximate surface area is 157 Å². The minimum atomic E-state index is -0.165. The van der Waals surface area contributed by atoms with Crippen LogP contribution in [-0.2, 0) is 4.79 Å². The number of fused-ring (bicyclic) bond motifs is 1. The van der Waals surface area contributed by atoms with Gasteiger partial charge in [-0.05, 0) is 24.6 Å². The number of amides is 1. The minimum Gasteiger partial charge on any atom is -0.350 e. The molecule has 0 aliphatic rings. The first-order chi connectivity index (χ1) is 12.6. The summed E-state index contributed by atoms with van der Waals surface area (Å²) in [5.41, 5.74) is 2.18. The fourth-order valence-electron chi connectivity index (χ4n) is 2.94. The van der Waals surface area contributed by atoms with Crippen molar-refractivity contribution >= 4 is 39.9 Å². The number of aromatic nitrogens is 1. The molecule has 1 amide bonds. The van der Waals surface area contributed by atoms with Crippen LogP contribution in [0.4, 0.5) is 5.69 Å². The van der Waals surface area contributed by atoms with Gasteiger partial charge in [-0.15, -0.1) is 0 Å². The number of anilines is 1. The topological polar surface area (TPSA) is 62.0 Å². The van der Waals surface area contributed by atoms with E-state index in [1.165, 1.54) is 0 Å². The predicted octanol–water partition coefficient (Wildman–Crippen LogP) is 5.57. The molecule has 0 spiro atoms. The molecule has 0 bridgehead atoms. The maximum Gasteiger partial charge on any atom is 0.224 e. The molecule has 0 fully saturated rings. The van der Waals surface area contributed by atoms with Crippen LogP contribution in [0.15, 0.2) is 48.5 Å². The fraction of sp³-hybridized carbons (Fsp3) is 0.238. The highest BCUT2D eigenvalue weighted by Gasteiger charge is 2.20. The van der Waals surface area contributed by atoms with E-state index in [-0.39, 0.29) is 11.7 Å². The van der Waals surface area contributed by atoms with Crippen LogP contribution >= 0.6 is 11.6 Å². The number of benzene rings is 2. The highest BCUT2D eigenvalue weighted by atomic mass is 35.5. The quantitative estimate of drug-likeness (QED) is 0.423. The second-order valence-corrected chi connectivity index (χ2v) is 6.70. The summed E-state index contributed by atoms with van der Waals surface area (Å²) < 4.78 is 0. The maximum absolute atomic E-state index is 12.9. The van der Waals surface area contributed by atoms with Gasteiger partial charge in [0, 0.05) is 27.9 Å². The van der Waals surface area contributed by atoms with Crippen LogP contribution in [0.5, 0.6) is 0 Å². The Morgan fingerprint density at radius 1 is 1.08 bits per heavy atom. The van der Waals surface area contributed by atoms with E-state index in [9.17, 15) is 9.59 Å². The lowest BCUT2D eigenvalue weighted by Gasteiger charge is -2.07. The summed E-state index contributed by atoms with van der Waals surface area (Å²) in [6, 6.07) is 14.3. The number of unbranched alkanes of at least 4 members (excludes halogenated alkanes) is 2. The van der Waals surface area contributed by atoms with Crippen molar-refractivity contribution in [2.24, 2.45) is 0 Å². The number of nitrogens with one attached hydrogen (secondary N) is 2. The number of rotatable bonds is 7. The smallest absolute Gasteiger partial charge is 0.224 e. The van der Waals surface area contributed by atoms with Gasteiger partial charge < -0.3 is 10.3 Å². The monoisotopic (exact) mass is 368 g/mol. The lowest BCUT2D eigenvalue weighted by molar-refractivity contribution is -0.116. The second kappa shape index (κ2) is 8.19. The van der Waals surface area contributed by atoms with Gasteiger partial charge in [0.05, 0.1) is 5.69 Å². The molecule has 0 aliphatic carbocycles. The Kier molecular flexibility index (Phi) is 5.74. The zero-order chi connectivity index (χ0) is 18.5. The molecular formula is C21H21ClN2O2. The minimum absolute atomic E-state index is 0.0867. The number of aromatic amines is 1. The number of carbonyl (C=O) groups is 2. The van der Waals surface area contributed by atoms with E-state index in [0.29, 0.717) is 28.4 Å². The molecule has 1 heterocycles. The lowest BCUT2D eigenvalue weighted by atomic mass is 10.1. The first kappa shape index (κ1) is 18.2. The SMILES string of the molecule is CCCCCC(=O)Nc1c(C(=O)c2ccccc2)[nH]c2cc(Cl)ccc12. The molecule has 0 aliphatic heterocycles. The number of ketones is 1. The average Bonchev–Trinajstić information content (AvgIpc) is 2.99. The number of carbonyl (C=O) groups excluding carboxylic acids is 2. The molecule has 0 unspecified atom stereocenters. The molecule has 5 heteroatoms. The zero-order valence-corrected chi connectivity index (χ0v) is 15.4. The third-order valence-corrected chi connectivity index (χ3v) is 4.53. The number of hydrogen-bond acceptors (Lipinski definition) is 2. The zero-order valence-electron chi connectivity index (χ0n) is 14.6. The summed E-state index contributed by atoms with van der Waals surface area (Å²) >= 11 is 6.07. The number of halogens is 1. The van der Waals surface area contributed by atoms with Crippen molar-refractivity contribution in [3.8, 4) is 0 Å². The van der Waals surface area contributed by atoms with Crippen LogP contribution in [0, 0.1) is 0 Å². The first-order valence-electron chi connectivity index (χ1n) is 8.81. The van der Waals surface area contributed by atoms with Gasteiger partial charge in [0.25, 0.3) is 0 Å². The van der Waals surface area contributed by atoms with Gasteiger partial charge in [0.15, 0.2) is 0 Å². The van der Waals surface area contributed by atoms with Crippen LogP contribution in [0.1, 0.15) is 48.7 Å². The van der Waals surface area contributed by atoms with Gasteiger partial charge in [0.2, 0.25) is 11.7 Å². The van der Waals surface area contributed by atoms with Crippen LogP contribution in [0.2, 0.25) is 5.02 Å². The van der Waals surface area contributed by atoms with Crippen LogP contribution in [0.25, 0.3) is 10.9 Å². The summed E-state index contributed by atoms with van der Waals surface area (Å²) in [4.78, 5) is 28.4. The van der Waals surface area contributed by atoms with Crippen molar-refractivity contribution in [1.82, 2.24) is 4.98 Å². The molecule has 0 radical (unpaired) electrons. The van der Waals surface area contributed by atoms with Gasteiger partial charge in [-0.1, -0.05) is 61.7 Å². The second-order valence-electron chi connectivity index (χ2n) is 6.27. The molecule has 0 saturated carbocycles. The first-order valence-corrected chi connectivity index (χ1v) is 9.18. The molecule has 134 valence electrons. The average molecular weight is 369 g/mol. The Morgan fingerprint density at radius 2 is 1.85 bits per heavy atom. The van der Waals surface area contributed by atoms with Gasteiger partial charge in [0.1, 0.15) is 5.69 Å². The summed E-state index contributed by atoms with van der Waals surface area (Å²) in [6.07, 6.45) is 3.33. The Bertz CT molecular complexity index is 932. The molecule has 26 heavy (non-hydrogen) atoms. The third-order valence-electron chi connectivity index (χ3n) is 4.30. The van der Waals surface area contributed by atoms with Gasteiger partial charge >= 0.3 is 0 Å². The predicted molar refractivity (Wildman–Crippen MR) is 106 cm³/mol. The molecular weight excluding hydrogens is 348 g/mol. The molecule has 3 aromatic rings. The van der Waals surface area contributed by atoms with E-state index < -0.39 is 0 Å². The summed E-state index contributed by atoms with van der Waals surface area (Å²) in [6.45, 7) is 2.10. The van der Waals surface area contributed by atoms with Crippen molar-refractivity contribution in [1.29, 1.82) is 0 Å². The van der Waals surface area contributed by atoms with E-state index in [2.05, 4.69) is 17.2 Å². The fourth-order valence-corrected chi connectivity index (χ4v) is 3.11. The molecule has 0 atom stereocenters. The van der Waals surface area contributed by atoms with E-state index in [0.717, 1.165) is 30.2 Å². The molecule has 3 rings (SSSR count). The Balaban J connectivity index is 1.99. The lowest BCUT2D eigenvalue weighted by Crippen LogP contribution is -2.14. The standard InChI is InChI=1S/C21H21ClN2O2/c1-2-3-5-10-18(25)24-19-16-12-11-15(22)13-17(16)23-20(19)21(26)14-8-6-4-7-9-14/h4,6-9,11-13,23H,2-3,5,10H2,1H3,(H,24,25). The van der Waals surface area contributed by atoms with E-state index in [1.807, 2.05) is 24.3 Å². The summed E-state index contributed by atoms with van der Waals surface area (Å²) in [5.74, 6) is -0.252. The van der Waals surface area contributed by atoms with Crippen LogP contribution < -0.4 is 5.32 Å². The van der Waals surface area contributed by atoms with Crippen molar-refractivity contribution in [2.75, 3.05) is 5.32 Å². The molecule has 4 nitrogen and oxygen atoms in total. The Hall–Kier alpha value is -2.59. The normalized spacial score (nSPS) is 10.8. The number of hydrogen-bond donors (Lipinski definition) is 2. The molecule has 1 aromatic heterocycles. The van der Waals surface area contributed by atoms with Crippen molar-refractivity contribution in [2.45, 2.75) is 32.6 Å². The summed E-state index contributed by atoms with van der Waals surface area (Å²) in [5, 5.41) is 4.27. The molecule has 2 N–H and O–H groups in total. The highest BCUT2D eigenvalue weighted by Crippen LogP contribution is 2.31. The molecule has 2 aromatic carbocycles. The maximum atomic E-state index is 12.9. The van der Waals surface area contributed by atoms with E-state index in [1.54, 1.807) is 24.3 Å². The van der Waals surface area contributed by atoms with Crippen molar-refractivity contribution in [3.05, 3.63) is 64.8 Å². The van der Waals surface area contributed by atoms with Crippen LogP contribution in [-0.4, -0.2) is 16.7 Å². The third kappa shape index (κ3) is 3.97. The van der Waals surface area contributed by atoms with Crippen LogP contribution in [0.3, 0.4) is 0 Å². The van der Waals surface area contributed by atoms with E-state index >= 15 is 0 Å². The largest absolute Gasteiger partial charge is 0.350 e. The molecule has 0 saturated heterocycles. The number of H-pyrrole nitrogens is 1. The van der Waals surface area contributed by atoms with Crippen molar-refractivity contribution in [3.63, 3.8) is 0 Å². The summed E-state index contributed by atoms with van der Waals surface area (Å²) in [7, 11) is 0. The highest BCUT2D eigenvalue weighted by molar-refractivity contribution is 6.31.